The van der Waals surface area contributed by atoms with E-state index >= 15 is 0 Å². The summed E-state index contributed by atoms with van der Waals surface area (Å²) in [4.78, 5) is 0. The van der Waals surface area contributed by atoms with Gasteiger partial charge in [0.1, 0.15) is 24.6 Å². The quantitative estimate of drug-likeness (QED) is 0.835. The lowest BCUT2D eigenvalue weighted by atomic mass is 10.3. The Morgan fingerprint density at radius 2 is 1.83 bits per heavy atom. The predicted molar refractivity (Wildman–Crippen MR) is 71.0 cm³/mol. The van der Waals surface area contributed by atoms with E-state index in [4.69, 9.17) is 18.9 Å². The summed E-state index contributed by atoms with van der Waals surface area (Å²) >= 11 is 3.38. The van der Waals surface area contributed by atoms with Crippen molar-refractivity contribution >= 4 is 15.9 Å². The molecule has 18 heavy (non-hydrogen) atoms. The van der Waals surface area contributed by atoms with E-state index in [0.717, 1.165) is 10.2 Å². The summed E-state index contributed by atoms with van der Waals surface area (Å²) in [6.45, 7) is 2.19. The highest BCUT2D eigenvalue weighted by Gasteiger charge is 2.23. The van der Waals surface area contributed by atoms with E-state index in [-0.39, 0.29) is 12.2 Å². The summed E-state index contributed by atoms with van der Waals surface area (Å²) in [7, 11) is 1.66. The minimum atomic E-state index is -0.0393. The zero-order chi connectivity index (χ0) is 12.8. The largest absolute Gasteiger partial charge is 0.491 e. The first-order valence-corrected chi connectivity index (χ1v) is 6.67. The molecule has 100 valence electrons. The summed E-state index contributed by atoms with van der Waals surface area (Å²) in [6, 6.07) is 7.73. The van der Waals surface area contributed by atoms with E-state index in [9.17, 15) is 0 Å². The number of rotatable bonds is 5. The molecule has 0 aromatic heterocycles. The number of halogens is 1. The van der Waals surface area contributed by atoms with E-state index in [0.29, 0.717) is 26.4 Å². The van der Waals surface area contributed by atoms with E-state index < -0.39 is 0 Å². The fourth-order valence-electron chi connectivity index (χ4n) is 1.76. The average molecular weight is 317 g/mol. The van der Waals surface area contributed by atoms with Crippen molar-refractivity contribution in [2.75, 3.05) is 33.5 Å². The second kappa shape index (κ2) is 7.09. The van der Waals surface area contributed by atoms with Crippen LogP contribution in [0.3, 0.4) is 0 Å². The number of methoxy groups -OCH3 is 1. The van der Waals surface area contributed by atoms with Gasteiger partial charge in [0.2, 0.25) is 0 Å². The van der Waals surface area contributed by atoms with Crippen LogP contribution in [0.4, 0.5) is 0 Å². The first kappa shape index (κ1) is 13.8. The van der Waals surface area contributed by atoms with Gasteiger partial charge in [0, 0.05) is 11.6 Å². The smallest absolute Gasteiger partial charge is 0.119 e. The fraction of sp³-hybridized carbons (Fsp3) is 0.538. The monoisotopic (exact) mass is 316 g/mol. The van der Waals surface area contributed by atoms with Crippen LogP contribution in [-0.4, -0.2) is 45.7 Å². The molecule has 5 heteroatoms. The third-order valence-corrected chi connectivity index (χ3v) is 3.12. The van der Waals surface area contributed by atoms with E-state index in [1.165, 1.54) is 0 Å². The minimum absolute atomic E-state index is 0.00210. The SMILES string of the molecule is COCC1COCC(COc2ccc(Br)cc2)O1. The van der Waals surface area contributed by atoms with Crippen LogP contribution in [0.1, 0.15) is 0 Å². The number of hydrogen-bond acceptors (Lipinski definition) is 4. The third kappa shape index (κ3) is 4.24. The standard InChI is InChI=1S/C13H17BrO4/c1-15-6-12-7-16-8-13(18-12)9-17-11-4-2-10(14)3-5-11/h2-5,12-13H,6-9H2,1H3. The van der Waals surface area contributed by atoms with Crippen molar-refractivity contribution in [2.45, 2.75) is 12.2 Å². The summed E-state index contributed by atoms with van der Waals surface area (Å²) in [6.07, 6.45) is -0.0372. The zero-order valence-corrected chi connectivity index (χ0v) is 11.9. The van der Waals surface area contributed by atoms with Gasteiger partial charge in [-0.05, 0) is 24.3 Å². The topological polar surface area (TPSA) is 36.9 Å². The van der Waals surface area contributed by atoms with E-state index in [1.54, 1.807) is 7.11 Å². The lowest BCUT2D eigenvalue weighted by molar-refractivity contribution is -0.162. The maximum Gasteiger partial charge on any atom is 0.119 e. The number of hydrogen-bond donors (Lipinski definition) is 0. The van der Waals surface area contributed by atoms with Crippen LogP contribution in [0.5, 0.6) is 5.75 Å². The average Bonchev–Trinajstić information content (AvgIpc) is 2.39. The van der Waals surface area contributed by atoms with Gasteiger partial charge in [-0.1, -0.05) is 15.9 Å². The molecule has 0 radical (unpaired) electrons. The molecular formula is C13H17BrO4. The molecule has 1 aliphatic heterocycles. The van der Waals surface area contributed by atoms with Crippen LogP contribution in [0, 0.1) is 0 Å². The maximum absolute atomic E-state index is 5.79. The van der Waals surface area contributed by atoms with Crippen LogP contribution >= 0.6 is 15.9 Å². The summed E-state index contributed by atoms with van der Waals surface area (Å²) in [5.74, 6) is 0.829. The number of benzene rings is 1. The lowest BCUT2D eigenvalue weighted by Gasteiger charge is -2.29. The molecule has 2 rings (SSSR count). The van der Waals surface area contributed by atoms with Gasteiger partial charge in [-0.2, -0.15) is 0 Å². The molecule has 2 unspecified atom stereocenters. The highest BCUT2D eigenvalue weighted by molar-refractivity contribution is 9.10. The Bertz CT molecular complexity index is 353. The normalized spacial score (nSPS) is 23.9. The molecule has 2 atom stereocenters. The van der Waals surface area contributed by atoms with Gasteiger partial charge in [-0.15, -0.1) is 0 Å². The predicted octanol–water partition coefficient (Wildman–Crippen LogP) is 2.26. The van der Waals surface area contributed by atoms with Crippen LogP contribution < -0.4 is 4.74 Å². The van der Waals surface area contributed by atoms with Gasteiger partial charge < -0.3 is 18.9 Å². The molecule has 1 aliphatic rings. The molecule has 0 amide bonds. The van der Waals surface area contributed by atoms with Crippen molar-refractivity contribution in [3.05, 3.63) is 28.7 Å². The Morgan fingerprint density at radius 1 is 1.17 bits per heavy atom. The van der Waals surface area contributed by atoms with E-state index in [1.807, 2.05) is 24.3 Å². The van der Waals surface area contributed by atoms with Crippen LogP contribution in [-0.2, 0) is 14.2 Å². The Kier molecular flexibility index (Phi) is 5.44. The third-order valence-electron chi connectivity index (χ3n) is 2.59. The summed E-state index contributed by atoms with van der Waals surface area (Å²) < 4.78 is 23.0. The van der Waals surface area contributed by atoms with Gasteiger partial charge >= 0.3 is 0 Å². The maximum atomic E-state index is 5.79. The zero-order valence-electron chi connectivity index (χ0n) is 10.3. The first-order chi connectivity index (χ1) is 8.78. The second-order valence-corrected chi connectivity index (χ2v) is 5.05. The van der Waals surface area contributed by atoms with Gasteiger partial charge in [0.15, 0.2) is 0 Å². The van der Waals surface area contributed by atoms with Gasteiger partial charge in [-0.25, -0.2) is 0 Å². The Labute approximate surface area is 115 Å². The molecule has 0 N–H and O–H groups in total. The molecule has 1 saturated heterocycles. The molecule has 1 aromatic carbocycles. The van der Waals surface area contributed by atoms with Crippen molar-refractivity contribution in [1.82, 2.24) is 0 Å². The van der Waals surface area contributed by atoms with Crippen molar-refractivity contribution in [1.29, 1.82) is 0 Å². The van der Waals surface area contributed by atoms with Crippen molar-refractivity contribution in [3.63, 3.8) is 0 Å². The summed E-state index contributed by atoms with van der Waals surface area (Å²) in [5, 5.41) is 0. The molecule has 4 nitrogen and oxygen atoms in total. The van der Waals surface area contributed by atoms with Gasteiger partial charge in [0.05, 0.1) is 19.8 Å². The molecule has 1 heterocycles. The molecule has 1 aromatic rings. The molecule has 0 bridgehead atoms. The van der Waals surface area contributed by atoms with E-state index in [2.05, 4.69) is 15.9 Å². The summed E-state index contributed by atoms with van der Waals surface area (Å²) in [5.41, 5.74) is 0. The molecule has 1 fully saturated rings. The van der Waals surface area contributed by atoms with Gasteiger partial charge in [0.25, 0.3) is 0 Å². The number of ether oxygens (including phenoxy) is 4. The highest BCUT2D eigenvalue weighted by Crippen LogP contribution is 2.17. The van der Waals surface area contributed by atoms with Crippen molar-refractivity contribution in [2.24, 2.45) is 0 Å². The minimum Gasteiger partial charge on any atom is -0.491 e. The van der Waals surface area contributed by atoms with Crippen LogP contribution in [0.15, 0.2) is 28.7 Å². The molecule has 0 saturated carbocycles. The second-order valence-electron chi connectivity index (χ2n) is 4.14. The van der Waals surface area contributed by atoms with Crippen molar-refractivity contribution in [3.8, 4) is 5.75 Å². The Hall–Kier alpha value is -0.620. The van der Waals surface area contributed by atoms with Crippen LogP contribution in [0.2, 0.25) is 0 Å². The molecule has 0 spiro atoms. The lowest BCUT2D eigenvalue weighted by Crippen LogP contribution is -2.41. The first-order valence-electron chi connectivity index (χ1n) is 5.88. The molecule has 0 aliphatic carbocycles. The Morgan fingerprint density at radius 3 is 2.50 bits per heavy atom. The highest BCUT2D eigenvalue weighted by atomic mass is 79.9. The van der Waals surface area contributed by atoms with Crippen molar-refractivity contribution < 1.29 is 18.9 Å². The van der Waals surface area contributed by atoms with Gasteiger partial charge in [-0.3, -0.25) is 0 Å². The Balaban J connectivity index is 1.77. The molecular weight excluding hydrogens is 300 g/mol. The fourth-order valence-corrected chi connectivity index (χ4v) is 2.03. The van der Waals surface area contributed by atoms with Crippen LogP contribution in [0.25, 0.3) is 0 Å².